The zero-order valence-electron chi connectivity index (χ0n) is 15.4. The van der Waals surface area contributed by atoms with Crippen molar-refractivity contribution in [2.75, 3.05) is 18.1 Å². The number of amides is 1. The number of aryl methyl sites for hydroxylation is 1. The molecule has 0 saturated heterocycles. The number of hydrogen-bond donors (Lipinski definition) is 0. The van der Waals surface area contributed by atoms with Crippen LogP contribution in [-0.2, 0) is 11.2 Å². The van der Waals surface area contributed by atoms with Gasteiger partial charge in [-0.05, 0) is 74.1 Å². The predicted octanol–water partition coefficient (Wildman–Crippen LogP) is 4.48. The number of benzene rings is 2. The maximum Gasteiger partial charge on any atom is 0.338 e. The summed E-state index contributed by atoms with van der Waals surface area (Å²) in [6.45, 7) is 4.95. The van der Waals surface area contributed by atoms with E-state index in [0.29, 0.717) is 30.2 Å². The number of ether oxygens (including phenoxy) is 1. The summed E-state index contributed by atoms with van der Waals surface area (Å²) in [5.41, 5.74) is 3.22. The van der Waals surface area contributed by atoms with Crippen molar-refractivity contribution in [1.82, 2.24) is 0 Å². The van der Waals surface area contributed by atoms with Crippen molar-refractivity contribution in [3.63, 3.8) is 0 Å². The lowest BCUT2D eigenvalue weighted by atomic mass is 10.1. The van der Waals surface area contributed by atoms with E-state index in [1.165, 1.54) is 18.4 Å². The van der Waals surface area contributed by atoms with Gasteiger partial charge >= 0.3 is 5.97 Å². The zero-order valence-corrected chi connectivity index (χ0v) is 15.4. The van der Waals surface area contributed by atoms with E-state index in [1.54, 1.807) is 19.1 Å². The third-order valence-corrected chi connectivity index (χ3v) is 4.68. The lowest BCUT2D eigenvalue weighted by Gasteiger charge is -2.23. The van der Waals surface area contributed by atoms with Crippen molar-refractivity contribution in [3.05, 3.63) is 65.2 Å². The fourth-order valence-corrected chi connectivity index (χ4v) is 2.89. The highest BCUT2D eigenvalue weighted by molar-refractivity contribution is 6.06. The molecule has 136 valence electrons. The molecule has 1 aliphatic carbocycles. The fraction of sp³-hybridized carbons (Fsp3) is 0.364. The maximum absolute atomic E-state index is 13.1. The molecule has 0 bridgehead atoms. The molecule has 1 amide bonds. The molecule has 0 radical (unpaired) electrons. The van der Waals surface area contributed by atoms with Gasteiger partial charge in [-0.25, -0.2) is 4.79 Å². The van der Waals surface area contributed by atoms with Crippen molar-refractivity contribution in [3.8, 4) is 0 Å². The van der Waals surface area contributed by atoms with E-state index in [0.717, 1.165) is 12.1 Å². The number of carbonyl (C=O) groups excluding carboxylic acids is 2. The predicted molar refractivity (Wildman–Crippen MR) is 103 cm³/mol. The second-order valence-electron chi connectivity index (χ2n) is 6.68. The molecule has 2 aromatic carbocycles. The first-order valence-corrected chi connectivity index (χ1v) is 9.30. The molecule has 4 heteroatoms. The Morgan fingerprint density at radius 2 is 1.58 bits per heavy atom. The van der Waals surface area contributed by atoms with E-state index in [1.807, 2.05) is 41.3 Å². The molecule has 0 N–H and O–H groups in total. The van der Waals surface area contributed by atoms with E-state index in [9.17, 15) is 9.59 Å². The van der Waals surface area contributed by atoms with Crippen LogP contribution in [0, 0.1) is 5.92 Å². The number of rotatable bonds is 7. The second-order valence-corrected chi connectivity index (χ2v) is 6.68. The number of nitrogens with zero attached hydrogens (tertiary/aromatic N) is 1. The molecule has 1 aliphatic rings. The van der Waals surface area contributed by atoms with Crippen molar-refractivity contribution in [2.24, 2.45) is 5.92 Å². The first-order valence-electron chi connectivity index (χ1n) is 9.30. The summed E-state index contributed by atoms with van der Waals surface area (Å²) < 4.78 is 5.02. The average Bonchev–Trinajstić information content (AvgIpc) is 3.50. The van der Waals surface area contributed by atoms with Gasteiger partial charge in [-0.3, -0.25) is 4.79 Å². The van der Waals surface area contributed by atoms with E-state index in [4.69, 9.17) is 4.74 Å². The molecule has 0 spiro atoms. The molecule has 3 rings (SSSR count). The summed E-state index contributed by atoms with van der Waals surface area (Å²) >= 11 is 0. The van der Waals surface area contributed by atoms with Crippen LogP contribution in [0.25, 0.3) is 0 Å². The van der Waals surface area contributed by atoms with Crippen LogP contribution in [0.4, 0.5) is 5.69 Å². The van der Waals surface area contributed by atoms with E-state index >= 15 is 0 Å². The van der Waals surface area contributed by atoms with E-state index in [2.05, 4.69) is 6.92 Å². The van der Waals surface area contributed by atoms with Crippen molar-refractivity contribution >= 4 is 17.6 Å². The molecule has 0 atom stereocenters. The van der Waals surface area contributed by atoms with Crippen molar-refractivity contribution in [1.29, 1.82) is 0 Å². The Balaban J connectivity index is 1.82. The van der Waals surface area contributed by atoms with Gasteiger partial charge in [-0.1, -0.05) is 19.1 Å². The first kappa shape index (κ1) is 18.2. The van der Waals surface area contributed by atoms with Crippen LogP contribution in [0.3, 0.4) is 0 Å². The molecule has 26 heavy (non-hydrogen) atoms. The second kappa shape index (κ2) is 8.17. The Morgan fingerprint density at radius 3 is 2.12 bits per heavy atom. The molecule has 0 unspecified atom stereocenters. The summed E-state index contributed by atoms with van der Waals surface area (Å²) in [7, 11) is 0. The molecule has 0 aliphatic heterocycles. The molecular weight excluding hydrogens is 326 g/mol. The van der Waals surface area contributed by atoms with Gasteiger partial charge in [-0.15, -0.1) is 0 Å². The minimum atomic E-state index is -0.339. The van der Waals surface area contributed by atoms with Gasteiger partial charge in [0.2, 0.25) is 0 Å². The number of esters is 1. The van der Waals surface area contributed by atoms with Crippen molar-refractivity contribution in [2.45, 2.75) is 33.1 Å². The van der Waals surface area contributed by atoms with Crippen LogP contribution in [0.15, 0.2) is 48.5 Å². The van der Waals surface area contributed by atoms with Gasteiger partial charge < -0.3 is 9.64 Å². The number of anilines is 1. The normalized spacial score (nSPS) is 13.3. The van der Waals surface area contributed by atoms with Crippen molar-refractivity contribution < 1.29 is 14.3 Å². The number of carbonyl (C=O) groups is 2. The largest absolute Gasteiger partial charge is 0.462 e. The van der Waals surface area contributed by atoms with Gasteiger partial charge in [0, 0.05) is 17.8 Å². The number of hydrogen-bond acceptors (Lipinski definition) is 3. The average molecular weight is 351 g/mol. The summed E-state index contributed by atoms with van der Waals surface area (Å²) in [5, 5.41) is 0. The lowest BCUT2D eigenvalue weighted by Crippen LogP contribution is -2.33. The highest BCUT2D eigenvalue weighted by Crippen LogP contribution is 2.32. The third-order valence-electron chi connectivity index (χ3n) is 4.68. The molecule has 4 nitrogen and oxygen atoms in total. The summed E-state index contributed by atoms with van der Waals surface area (Å²) in [5.74, 6) is 0.233. The quantitative estimate of drug-likeness (QED) is 0.691. The molecule has 1 fully saturated rings. The topological polar surface area (TPSA) is 46.6 Å². The van der Waals surface area contributed by atoms with Gasteiger partial charge in [0.25, 0.3) is 5.91 Å². The first-order chi connectivity index (χ1) is 12.6. The fourth-order valence-electron chi connectivity index (χ4n) is 2.89. The summed E-state index contributed by atoms with van der Waals surface area (Å²) in [6.07, 6.45) is 3.29. The molecule has 0 heterocycles. The molecule has 0 aromatic heterocycles. The zero-order chi connectivity index (χ0) is 18.5. The van der Waals surface area contributed by atoms with Crippen LogP contribution in [0.5, 0.6) is 0 Å². The van der Waals surface area contributed by atoms with Gasteiger partial charge in [-0.2, -0.15) is 0 Å². The van der Waals surface area contributed by atoms with E-state index < -0.39 is 0 Å². The monoisotopic (exact) mass is 351 g/mol. The smallest absolute Gasteiger partial charge is 0.338 e. The Labute approximate surface area is 154 Å². The maximum atomic E-state index is 13.1. The van der Waals surface area contributed by atoms with Crippen LogP contribution in [-0.4, -0.2) is 25.0 Å². The Bertz CT molecular complexity index is 761. The summed E-state index contributed by atoms with van der Waals surface area (Å²) in [4.78, 5) is 26.7. The van der Waals surface area contributed by atoms with Crippen LogP contribution in [0.2, 0.25) is 0 Å². The van der Waals surface area contributed by atoms with Gasteiger partial charge in [0.1, 0.15) is 0 Å². The summed E-state index contributed by atoms with van der Waals surface area (Å²) in [6, 6.07) is 14.9. The Hall–Kier alpha value is -2.62. The van der Waals surface area contributed by atoms with Gasteiger partial charge in [0.15, 0.2) is 0 Å². The van der Waals surface area contributed by atoms with Crippen LogP contribution >= 0.6 is 0 Å². The third kappa shape index (κ3) is 4.31. The standard InChI is InChI=1S/C22H25NO3/c1-3-16-7-9-18(10-8-16)21(24)23(15-17-5-6-17)20-13-11-19(12-14-20)22(25)26-4-2/h7-14,17H,3-6,15H2,1-2H3. The minimum Gasteiger partial charge on any atom is -0.462 e. The highest BCUT2D eigenvalue weighted by Gasteiger charge is 2.28. The van der Waals surface area contributed by atoms with Crippen LogP contribution < -0.4 is 4.90 Å². The minimum absolute atomic E-state index is 0.00318. The van der Waals surface area contributed by atoms with Gasteiger partial charge in [0.05, 0.1) is 12.2 Å². The lowest BCUT2D eigenvalue weighted by molar-refractivity contribution is 0.0526. The Morgan fingerprint density at radius 1 is 0.962 bits per heavy atom. The Kier molecular flexibility index (Phi) is 5.71. The van der Waals surface area contributed by atoms with Crippen LogP contribution in [0.1, 0.15) is 53.0 Å². The molecular formula is C22H25NO3. The highest BCUT2D eigenvalue weighted by atomic mass is 16.5. The molecule has 2 aromatic rings. The van der Waals surface area contributed by atoms with E-state index in [-0.39, 0.29) is 11.9 Å². The SMILES string of the molecule is CCOC(=O)c1ccc(N(CC2CC2)C(=O)c2ccc(CC)cc2)cc1. The molecule has 1 saturated carbocycles.